The molecule has 1 aliphatic rings. The Bertz CT molecular complexity index is 326. The van der Waals surface area contributed by atoms with Crippen LogP contribution in [-0.2, 0) is 14.3 Å². The first-order valence-corrected chi connectivity index (χ1v) is 5.92. The molecule has 1 amide bonds. The Morgan fingerprint density at radius 1 is 1.47 bits per heavy atom. The SMILES string of the molecule is CCC1(C(=O)O)CCCN1C(=O)C(C)(C)OC. The van der Waals surface area contributed by atoms with Crippen LogP contribution in [0.2, 0.25) is 0 Å². The highest BCUT2D eigenvalue weighted by Crippen LogP contribution is 2.35. The maximum absolute atomic E-state index is 12.3. The van der Waals surface area contributed by atoms with E-state index in [4.69, 9.17) is 4.74 Å². The molecule has 0 aliphatic carbocycles. The average molecular weight is 243 g/mol. The molecule has 0 aromatic heterocycles. The van der Waals surface area contributed by atoms with Crippen LogP contribution in [0.25, 0.3) is 0 Å². The van der Waals surface area contributed by atoms with Gasteiger partial charge in [-0.15, -0.1) is 0 Å². The molecular formula is C12H21NO4. The van der Waals surface area contributed by atoms with Gasteiger partial charge in [0.15, 0.2) is 0 Å². The molecule has 5 nitrogen and oxygen atoms in total. The predicted octanol–water partition coefficient (Wildman–Crippen LogP) is 1.27. The minimum atomic E-state index is -1.05. The second kappa shape index (κ2) is 4.64. The van der Waals surface area contributed by atoms with Crippen LogP contribution in [0, 0.1) is 0 Å². The van der Waals surface area contributed by atoms with Gasteiger partial charge in [-0.05, 0) is 33.1 Å². The maximum Gasteiger partial charge on any atom is 0.329 e. The number of hydrogen-bond donors (Lipinski definition) is 1. The van der Waals surface area contributed by atoms with E-state index in [1.54, 1.807) is 20.8 Å². The lowest BCUT2D eigenvalue weighted by molar-refractivity contribution is -0.166. The second-order valence-corrected chi connectivity index (χ2v) is 4.97. The molecule has 98 valence electrons. The largest absolute Gasteiger partial charge is 0.479 e. The normalized spacial score (nSPS) is 25.1. The summed E-state index contributed by atoms with van der Waals surface area (Å²) in [6, 6.07) is 0. The van der Waals surface area contributed by atoms with Gasteiger partial charge in [0.05, 0.1) is 0 Å². The monoisotopic (exact) mass is 243 g/mol. The summed E-state index contributed by atoms with van der Waals surface area (Å²) < 4.78 is 5.15. The fourth-order valence-corrected chi connectivity index (χ4v) is 2.33. The molecule has 0 saturated carbocycles. The second-order valence-electron chi connectivity index (χ2n) is 4.97. The van der Waals surface area contributed by atoms with Crippen molar-refractivity contribution < 1.29 is 19.4 Å². The molecule has 5 heteroatoms. The Morgan fingerprint density at radius 2 is 2.06 bits per heavy atom. The fourth-order valence-electron chi connectivity index (χ4n) is 2.33. The Labute approximate surface area is 102 Å². The summed E-state index contributed by atoms with van der Waals surface area (Å²) in [5.41, 5.74) is -2.02. The van der Waals surface area contributed by atoms with Crippen LogP contribution in [0.5, 0.6) is 0 Å². The van der Waals surface area contributed by atoms with E-state index in [-0.39, 0.29) is 5.91 Å². The third-order valence-electron chi connectivity index (χ3n) is 3.74. The van der Waals surface area contributed by atoms with E-state index in [1.807, 2.05) is 0 Å². The van der Waals surface area contributed by atoms with Gasteiger partial charge in [0.1, 0.15) is 11.1 Å². The molecule has 0 aromatic rings. The first-order valence-electron chi connectivity index (χ1n) is 5.92. The van der Waals surface area contributed by atoms with Gasteiger partial charge in [0.2, 0.25) is 0 Å². The number of carbonyl (C=O) groups excluding carboxylic acids is 1. The lowest BCUT2D eigenvalue weighted by atomic mass is 9.91. The van der Waals surface area contributed by atoms with E-state index in [9.17, 15) is 14.7 Å². The van der Waals surface area contributed by atoms with Gasteiger partial charge in [-0.1, -0.05) is 6.92 Å². The standard InChI is InChI=1S/C12H21NO4/c1-5-12(10(15)16)7-6-8-13(12)9(14)11(2,3)17-4/h5-8H2,1-4H3,(H,15,16). The highest BCUT2D eigenvalue weighted by molar-refractivity contribution is 5.91. The topological polar surface area (TPSA) is 66.8 Å². The van der Waals surface area contributed by atoms with Gasteiger partial charge in [-0.25, -0.2) is 4.79 Å². The number of carboxylic acids is 1. The predicted molar refractivity (Wildman–Crippen MR) is 62.7 cm³/mol. The molecular weight excluding hydrogens is 222 g/mol. The number of methoxy groups -OCH3 is 1. The van der Waals surface area contributed by atoms with Crippen LogP contribution < -0.4 is 0 Å². The number of ether oxygens (including phenoxy) is 1. The summed E-state index contributed by atoms with van der Waals surface area (Å²) in [4.78, 5) is 25.2. The quantitative estimate of drug-likeness (QED) is 0.807. The molecule has 1 unspecified atom stereocenters. The highest BCUT2D eigenvalue weighted by atomic mass is 16.5. The minimum absolute atomic E-state index is 0.248. The Balaban J connectivity index is 3.05. The summed E-state index contributed by atoms with van der Waals surface area (Å²) in [7, 11) is 1.46. The average Bonchev–Trinajstić information content (AvgIpc) is 2.72. The van der Waals surface area contributed by atoms with Gasteiger partial charge >= 0.3 is 5.97 Å². The number of carboxylic acid groups (broad SMARTS) is 1. The molecule has 0 radical (unpaired) electrons. The molecule has 0 aromatic carbocycles. The number of rotatable bonds is 4. The van der Waals surface area contributed by atoms with Crippen molar-refractivity contribution in [2.45, 2.75) is 51.2 Å². The lowest BCUT2D eigenvalue weighted by Gasteiger charge is -2.38. The van der Waals surface area contributed by atoms with E-state index >= 15 is 0 Å². The van der Waals surface area contributed by atoms with E-state index in [0.717, 1.165) is 6.42 Å². The zero-order valence-electron chi connectivity index (χ0n) is 10.9. The van der Waals surface area contributed by atoms with E-state index in [0.29, 0.717) is 19.4 Å². The molecule has 0 bridgehead atoms. The van der Waals surface area contributed by atoms with Gasteiger partial charge in [-0.3, -0.25) is 4.79 Å². The van der Waals surface area contributed by atoms with Crippen LogP contribution in [0.15, 0.2) is 0 Å². The lowest BCUT2D eigenvalue weighted by Crippen LogP contribution is -2.58. The third-order valence-corrected chi connectivity index (χ3v) is 3.74. The first-order chi connectivity index (χ1) is 7.81. The van der Waals surface area contributed by atoms with Crippen LogP contribution in [0.3, 0.4) is 0 Å². The first kappa shape index (κ1) is 14.0. The molecule has 1 rings (SSSR count). The summed E-state index contributed by atoms with van der Waals surface area (Å²) >= 11 is 0. The Morgan fingerprint density at radius 3 is 2.47 bits per heavy atom. The van der Waals surface area contributed by atoms with Crippen molar-refractivity contribution in [2.75, 3.05) is 13.7 Å². The van der Waals surface area contributed by atoms with Crippen molar-refractivity contribution in [3.8, 4) is 0 Å². The zero-order chi connectivity index (χ0) is 13.3. The molecule has 1 saturated heterocycles. The van der Waals surface area contributed by atoms with E-state index < -0.39 is 17.1 Å². The van der Waals surface area contributed by atoms with E-state index in [2.05, 4.69) is 0 Å². The Hall–Kier alpha value is -1.10. The molecule has 17 heavy (non-hydrogen) atoms. The molecule has 1 N–H and O–H groups in total. The van der Waals surface area contributed by atoms with Crippen molar-refractivity contribution in [3.63, 3.8) is 0 Å². The number of aliphatic carboxylic acids is 1. The third kappa shape index (κ3) is 2.16. The van der Waals surface area contributed by atoms with Crippen molar-refractivity contribution in [3.05, 3.63) is 0 Å². The number of likely N-dealkylation sites (tertiary alicyclic amines) is 1. The van der Waals surface area contributed by atoms with Gasteiger partial charge < -0.3 is 14.7 Å². The summed E-state index contributed by atoms with van der Waals surface area (Å²) in [6.07, 6.45) is 1.67. The molecule has 0 spiro atoms. The number of nitrogens with zero attached hydrogens (tertiary/aromatic N) is 1. The zero-order valence-corrected chi connectivity index (χ0v) is 10.9. The molecule has 1 atom stereocenters. The molecule has 1 aliphatic heterocycles. The van der Waals surface area contributed by atoms with Crippen molar-refractivity contribution in [1.82, 2.24) is 4.90 Å². The summed E-state index contributed by atoms with van der Waals surface area (Å²) in [5.74, 6) is -1.17. The van der Waals surface area contributed by atoms with Gasteiger partial charge in [-0.2, -0.15) is 0 Å². The van der Waals surface area contributed by atoms with Gasteiger partial charge in [0.25, 0.3) is 5.91 Å². The smallest absolute Gasteiger partial charge is 0.329 e. The fraction of sp³-hybridized carbons (Fsp3) is 0.833. The number of amides is 1. The molecule has 1 heterocycles. The van der Waals surface area contributed by atoms with Crippen molar-refractivity contribution in [1.29, 1.82) is 0 Å². The van der Waals surface area contributed by atoms with Crippen LogP contribution in [0.1, 0.15) is 40.0 Å². The van der Waals surface area contributed by atoms with Crippen LogP contribution in [0.4, 0.5) is 0 Å². The van der Waals surface area contributed by atoms with Crippen LogP contribution in [-0.4, -0.2) is 46.7 Å². The van der Waals surface area contributed by atoms with Crippen LogP contribution >= 0.6 is 0 Å². The van der Waals surface area contributed by atoms with Crippen molar-refractivity contribution in [2.24, 2.45) is 0 Å². The van der Waals surface area contributed by atoms with Crippen molar-refractivity contribution >= 4 is 11.9 Å². The highest BCUT2D eigenvalue weighted by Gasteiger charge is 2.51. The number of hydrogen-bond acceptors (Lipinski definition) is 3. The summed E-state index contributed by atoms with van der Waals surface area (Å²) in [5, 5.41) is 9.39. The summed E-state index contributed by atoms with van der Waals surface area (Å²) in [6.45, 7) is 5.62. The molecule has 1 fully saturated rings. The Kier molecular flexibility index (Phi) is 3.81. The van der Waals surface area contributed by atoms with E-state index in [1.165, 1.54) is 12.0 Å². The number of carbonyl (C=O) groups is 2. The maximum atomic E-state index is 12.3. The van der Waals surface area contributed by atoms with Gasteiger partial charge in [0, 0.05) is 13.7 Å². The minimum Gasteiger partial charge on any atom is -0.479 e.